The van der Waals surface area contributed by atoms with Crippen LogP contribution in [0.15, 0.2) is 12.1 Å². The van der Waals surface area contributed by atoms with Gasteiger partial charge in [-0.05, 0) is 12.1 Å². The Morgan fingerprint density at radius 2 is 2.47 bits per heavy atom. The molecular weight excluding hydrogens is 214 g/mol. The summed E-state index contributed by atoms with van der Waals surface area (Å²) in [5, 5.41) is 11.1. The number of nitrogens with one attached hydrogen (secondary N) is 1. The normalized spacial score (nSPS) is 8.93. The van der Waals surface area contributed by atoms with Gasteiger partial charge in [-0.3, -0.25) is 0 Å². The molecule has 2 N–H and O–H groups in total. The molecule has 1 aromatic rings. The Morgan fingerprint density at radius 3 is 3.13 bits per heavy atom. The molecule has 15 heavy (non-hydrogen) atoms. The fraction of sp³-hybridized carbons (Fsp3) is 0.300. The van der Waals surface area contributed by atoms with Gasteiger partial charge in [-0.15, -0.1) is 11.3 Å². The summed E-state index contributed by atoms with van der Waals surface area (Å²) < 4.78 is 4.44. The SMILES string of the molecule is COC(=O)NCc1ccc(C#CCO)s1. The van der Waals surface area contributed by atoms with E-state index >= 15 is 0 Å². The number of aliphatic hydroxyl groups is 1. The first kappa shape index (κ1) is 11.6. The quantitative estimate of drug-likeness (QED) is 0.737. The number of amides is 1. The molecule has 0 aliphatic carbocycles. The van der Waals surface area contributed by atoms with Crippen molar-refractivity contribution in [3.05, 3.63) is 21.9 Å². The van der Waals surface area contributed by atoms with Gasteiger partial charge in [-0.2, -0.15) is 0 Å². The van der Waals surface area contributed by atoms with Gasteiger partial charge >= 0.3 is 6.09 Å². The first-order chi connectivity index (χ1) is 7.26. The summed E-state index contributed by atoms with van der Waals surface area (Å²) in [6, 6.07) is 3.73. The van der Waals surface area contributed by atoms with E-state index < -0.39 is 6.09 Å². The topological polar surface area (TPSA) is 58.6 Å². The van der Waals surface area contributed by atoms with E-state index in [-0.39, 0.29) is 6.61 Å². The van der Waals surface area contributed by atoms with Crippen LogP contribution in [0.4, 0.5) is 4.79 Å². The third-order valence-corrected chi connectivity index (χ3v) is 2.55. The van der Waals surface area contributed by atoms with E-state index in [2.05, 4.69) is 21.9 Å². The van der Waals surface area contributed by atoms with E-state index in [1.165, 1.54) is 18.4 Å². The second-order valence-electron chi connectivity index (χ2n) is 2.57. The zero-order chi connectivity index (χ0) is 11.1. The van der Waals surface area contributed by atoms with Crippen molar-refractivity contribution in [3.63, 3.8) is 0 Å². The van der Waals surface area contributed by atoms with Gasteiger partial charge in [0.25, 0.3) is 0 Å². The molecule has 5 heteroatoms. The summed E-state index contributed by atoms with van der Waals surface area (Å²) in [4.78, 5) is 12.6. The number of ether oxygens (including phenoxy) is 1. The van der Waals surface area contributed by atoms with E-state index in [0.717, 1.165) is 9.75 Å². The highest BCUT2D eigenvalue weighted by Gasteiger charge is 2.01. The molecule has 0 fully saturated rings. The average Bonchev–Trinajstić information content (AvgIpc) is 2.71. The third kappa shape index (κ3) is 4.02. The lowest BCUT2D eigenvalue weighted by Gasteiger charge is -1.99. The van der Waals surface area contributed by atoms with Gasteiger partial charge in [0.05, 0.1) is 18.5 Å². The van der Waals surface area contributed by atoms with E-state index in [4.69, 9.17) is 5.11 Å². The molecule has 0 spiro atoms. The minimum absolute atomic E-state index is 0.145. The second-order valence-corrected chi connectivity index (χ2v) is 3.74. The summed E-state index contributed by atoms with van der Waals surface area (Å²) in [6.07, 6.45) is -0.452. The van der Waals surface area contributed by atoms with Gasteiger partial charge in [0.1, 0.15) is 6.61 Å². The zero-order valence-electron chi connectivity index (χ0n) is 8.24. The van der Waals surface area contributed by atoms with E-state index in [9.17, 15) is 4.79 Å². The predicted octanol–water partition coefficient (Wildman–Crippen LogP) is 0.948. The summed E-state index contributed by atoms with van der Waals surface area (Å²) in [5.74, 6) is 5.35. The predicted molar refractivity (Wildman–Crippen MR) is 57.5 cm³/mol. The maximum atomic E-state index is 10.8. The molecule has 0 radical (unpaired) electrons. The van der Waals surface area contributed by atoms with Crippen LogP contribution in [0.3, 0.4) is 0 Å². The summed E-state index contributed by atoms with van der Waals surface area (Å²) in [5.41, 5.74) is 0. The maximum absolute atomic E-state index is 10.8. The number of thiophene rings is 1. The molecule has 80 valence electrons. The Hall–Kier alpha value is -1.51. The summed E-state index contributed by atoms with van der Waals surface area (Å²) >= 11 is 1.47. The Balaban J connectivity index is 2.49. The number of aliphatic hydroxyl groups excluding tert-OH is 1. The molecule has 0 bridgehead atoms. The molecule has 0 aliphatic rings. The van der Waals surface area contributed by atoms with Crippen molar-refractivity contribution in [2.75, 3.05) is 13.7 Å². The third-order valence-electron chi connectivity index (χ3n) is 1.54. The number of methoxy groups -OCH3 is 1. The van der Waals surface area contributed by atoms with Crippen molar-refractivity contribution >= 4 is 17.4 Å². The average molecular weight is 225 g/mol. The standard InChI is InChI=1S/C10H11NO3S/c1-14-10(13)11-7-9-5-4-8(15-9)3-2-6-12/h4-5,12H,6-7H2,1H3,(H,11,13). The monoisotopic (exact) mass is 225 g/mol. The van der Waals surface area contributed by atoms with E-state index in [1.54, 1.807) is 0 Å². The molecule has 0 unspecified atom stereocenters. The molecule has 0 saturated heterocycles. The van der Waals surface area contributed by atoms with Crippen LogP contribution in [-0.2, 0) is 11.3 Å². The molecule has 1 aromatic heterocycles. The smallest absolute Gasteiger partial charge is 0.407 e. The lowest BCUT2D eigenvalue weighted by Crippen LogP contribution is -2.21. The van der Waals surface area contributed by atoms with Crippen molar-refractivity contribution in [2.45, 2.75) is 6.54 Å². The molecule has 1 rings (SSSR count). The number of carbonyl (C=O) groups is 1. The van der Waals surface area contributed by atoms with E-state index in [0.29, 0.717) is 6.54 Å². The maximum Gasteiger partial charge on any atom is 0.407 e. The van der Waals surface area contributed by atoms with Crippen LogP contribution in [-0.4, -0.2) is 24.9 Å². The van der Waals surface area contributed by atoms with Crippen LogP contribution in [0.1, 0.15) is 9.75 Å². The fourth-order valence-electron chi connectivity index (χ4n) is 0.898. The van der Waals surface area contributed by atoms with Gasteiger partial charge < -0.3 is 15.2 Å². The summed E-state index contributed by atoms with van der Waals surface area (Å²) in [7, 11) is 1.32. The van der Waals surface area contributed by atoms with Crippen molar-refractivity contribution < 1.29 is 14.6 Å². The molecule has 0 saturated carbocycles. The van der Waals surface area contributed by atoms with E-state index in [1.807, 2.05) is 12.1 Å². The lowest BCUT2D eigenvalue weighted by atomic mass is 10.4. The molecule has 1 amide bonds. The number of hydrogen-bond donors (Lipinski definition) is 2. The van der Waals surface area contributed by atoms with Crippen molar-refractivity contribution in [1.82, 2.24) is 5.32 Å². The summed E-state index contributed by atoms with van der Waals surface area (Å²) in [6.45, 7) is 0.284. The number of rotatable bonds is 2. The number of hydrogen-bond acceptors (Lipinski definition) is 4. The van der Waals surface area contributed by atoms with Gasteiger partial charge in [0.2, 0.25) is 0 Å². The second kappa shape index (κ2) is 6.06. The minimum Gasteiger partial charge on any atom is -0.453 e. The molecule has 0 aromatic carbocycles. The zero-order valence-corrected chi connectivity index (χ0v) is 9.06. The molecule has 0 atom stereocenters. The van der Waals surface area contributed by atoms with Crippen molar-refractivity contribution in [2.24, 2.45) is 0 Å². The van der Waals surface area contributed by atoms with Crippen LogP contribution in [0, 0.1) is 11.8 Å². The van der Waals surface area contributed by atoms with Crippen LogP contribution < -0.4 is 5.32 Å². The molecule has 1 heterocycles. The highest BCUT2D eigenvalue weighted by molar-refractivity contribution is 7.12. The van der Waals surface area contributed by atoms with Crippen molar-refractivity contribution in [1.29, 1.82) is 0 Å². The molecule has 4 nitrogen and oxygen atoms in total. The van der Waals surface area contributed by atoms with Gasteiger partial charge in [0.15, 0.2) is 0 Å². The fourth-order valence-corrected chi connectivity index (χ4v) is 1.72. The lowest BCUT2D eigenvalue weighted by molar-refractivity contribution is 0.170. The van der Waals surface area contributed by atoms with Crippen LogP contribution in [0.2, 0.25) is 0 Å². The van der Waals surface area contributed by atoms with Crippen LogP contribution in [0.5, 0.6) is 0 Å². The Labute approximate surface area is 91.9 Å². The molecular formula is C10H11NO3S. The largest absolute Gasteiger partial charge is 0.453 e. The minimum atomic E-state index is -0.452. The molecule has 0 aliphatic heterocycles. The number of alkyl carbamates (subject to hydrolysis) is 1. The van der Waals surface area contributed by atoms with Gasteiger partial charge in [-0.1, -0.05) is 11.8 Å². The Bertz CT molecular complexity index is 389. The first-order valence-electron chi connectivity index (χ1n) is 4.26. The van der Waals surface area contributed by atoms with Crippen molar-refractivity contribution in [3.8, 4) is 11.8 Å². The Morgan fingerprint density at radius 1 is 1.67 bits per heavy atom. The highest BCUT2D eigenvalue weighted by Crippen LogP contribution is 2.14. The Kier molecular flexibility index (Phi) is 4.68. The van der Waals surface area contributed by atoms with Crippen LogP contribution in [0.25, 0.3) is 0 Å². The van der Waals surface area contributed by atoms with Gasteiger partial charge in [-0.25, -0.2) is 4.79 Å². The first-order valence-corrected chi connectivity index (χ1v) is 5.08. The highest BCUT2D eigenvalue weighted by atomic mass is 32.1. The van der Waals surface area contributed by atoms with Crippen LogP contribution >= 0.6 is 11.3 Å². The van der Waals surface area contributed by atoms with Gasteiger partial charge in [0, 0.05) is 4.88 Å². The number of carbonyl (C=O) groups excluding carboxylic acids is 1.